The zero-order valence-corrected chi connectivity index (χ0v) is 44.8. The third-order valence-electron chi connectivity index (χ3n) is 10.6. The quantitative estimate of drug-likeness (QED) is 0.0995. The van der Waals surface area contributed by atoms with Crippen molar-refractivity contribution in [2.75, 3.05) is 0 Å². The second-order valence-corrected chi connectivity index (χ2v) is 18.3. The van der Waals surface area contributed by atoms with Crippen LogP contribution >= 0.6 is 0 Å². The van der Waals surface area contributed by atoms with Gasteiger partial charge in [-0.2, -0.15) is 11.4 Å². The summed E-state index contributed by atoms with van der Waals surface area (Å²) in [7, 11) is 0. The van der Waals surface area contributed by atoms with E-state index in [0.717, 1.165) is 62.4 Å². The zero-order chi connectivity index (χ0) is 46.8. The molecule has 5 aromatic carbocycles. The summed E-state index contributed by atoms with van der Waals surface area (Å²) in [6, 6.07) is 39.2. The normalized spacial score (nSPS) is 12.3. The number of rotatable bonds is 14. The Bertz CT molecular complexity index is 2080. The molecule has 0 spiro atoms. The molecule has 5 rings (SSSR count). The number of allylic oxidation sites excluding steroid dienone is 4. The Hall–Kier alpha value is -4.58. The fourth-order valence-corrected chi connectivity index (χ4v) is 7.33. The number of nitrogens with one attached hydrogen (secondary N) is 1. The number of nitrogens with zero attached hydrogens (tertiary/aromatic N) is 4. The fourth-order valence-electron chi connectivity index (χ4n) is 7.33. The maximum atomic E-state index is 8.01. The molecular formula is C58H76N5Y. The summed E-state index contributed by atoms with van der Waals surface area (Å²) >= 11 is 0. The van der Waals surface area contributed by atoms with E-state index < -0.39 is 0 Å². The van der Waals surface area contributed by atoms with Crippen LogP contribution in [0.25, 0.3) is 16.4 Å². The van der Waals surface area contributed by atoms with Crippen LogP contribution in [0.4, 0.5) is 28.4 Å². The van der Waals surface area contributed by atoms with E-state index in [1.165, 1.54) is 22.3 Å². The molecule has 0 saturated carbocycles. The maximum absolute atomic E-state index is 8.01. The molecule has 0 fully saturated rings. The SMILES string of the molecule is CC(/C=C(/C)[N-]c1ccccc1)=Nc1c(C(C)C)cccc1C(C)C.CC(/C=C(/C)[N-]c1ccccc1)=Nc1c(C(C)C)cccc1C(C)C.CC(C)c1cccc(C(C)C)c1[NH-].[Y+3]. The minimum atomic E-state index is 0. The van der Waals surface area contributed by atoms with Crippen molar-refractivity contribution in [3.8, 4) is 0 Å². The molecule has 0 unspecified atom stereocenters. The number of hydrogen-bond donors (Lipinski definition) is 0. The van der Waals surface area contributed by atoms with Crippen LogP contribution in [0.15, 0.2) is 149 Å². The maximum Gasteiger partial charge on any atom is 3.00 e. The predicted molar refractivity (Wildman–Crippen MR) is 280 cm³/mol. The summed E-state index contributed by atoms with van der Waals surface area (Å²) in [6.07, 6.45) is 4.10. The van der Waals surface area contributed by atoms with Crippen LogP contribution in [0, 0.1) is 0 Å². The first-order valence-electron chi connectivity index (χ1n) is 22.9. The molecule has 0 amide bonds. The minimum absolute atomic E-state index is 0. The van der Waals surface area contributed by atoms with Gasteiger partial charge in [0.2, 0.25) is 0 Å². The summed E-state index contributed by atoms with van der Waals surface area (Å²) in [6.45, 7) is 34.4. The second-order valence-electron chi connectivity index (χ2n) is 18.3. The van der Waals surface area contributed by atoms with Gasteiger partial charge in [0, 0.05) is 11.4 Å². The molecule has 64 heavy (non-hydrogen) atoms. The summed E-state index contributed by atoms with van der Waals surface area (Å²) in [5, 5.41) is 9.27. The molecular weight excluding hydrogens is 856 g/mol. The van der Waals surface area contributed by atoms with Crippen molar-refractivity contribution < 1.29 is 32.7 Å². The molecule has 0 atom stereocenters. The van der Waals surface area contributed by atoms with Gasteiger partial charge in [-0.3, -0.25) is 9.98 Å². The number of para-hydroxylation sites is 4. The van der Waals surface area contributed by atoms with E-state index in [4.69, 9.17) is 15.7 Å². The van der Waals surface area contributed by atoms with Crippen LogP contribution in [0.1, 0.15) is 180 Å². The molecule has 0 radical (unpaired) electrons. The van der Waals surface area contributed by atoms with Crippen LogP contribution in [-0.4, -0.2) is 11.4 Å². The van der Waals surface area contributed by atoms with Crippen molar-refractivity contribution in [1.82, 2.24) is 0 Å². The average Bonchev–Trinajstić information content (AvgIpc) is 3.21. The third-order valence-corrected chi connectivity index (χ3v) is 10.6. The van der Waals surface area contributed by atoms with E-state index in [1.54, 1.807) is 0 Å². The summed E-state index contributed by atoms with van der Waals surface area (Å²) in [5.74, 6) is 2.69. The molecule has 0 heterocycles. The van der Waals surface area contributed by atoms with Gasteiger partial charge in [-0.1, -0.05) is 235 Å². The molecule has 1 N–H and O–H groups in total. The van der Waals surface area contributed by atoms with Crippen molar-refractivity contribution in [1.29, 1.82) is 0 Å². The van der Waals surface area contributed by atoms with Gasteiger partial charge in [0.1, 0.15) is 0 Å². The summed E-state index contributed by atoms with van der Waals surface area (Å²) in [4.78, 5) is 9.93. The Kier molecular flexibility index (Phi) is 24.0. The standard InChI is InChI=1S/2C23H29N2.C12H18N.Y/c2*1-16(2)21-13-10-14-22(17(3)4)23(21)25-19(6)15-18(5)24-20-11-8-7-9-12-20;1-8(2)10-6-5-7-11(9(3)4)12(10)13;/h2*7-17H,1-6H3;5-9,13H,1-4H3;/q3*-1;+3/b2*18-15-,25-19?;;. The van der Waals surface area contributed by atoms with Crippen molar-refractivity contribution in [2.45, 2.75) is 146 Å². The fraction of sp³-hybridized carbons (Fsp3) is 0.379. The predicted octanol–water partition coefficient (Wildman–Crippen LogP) is 19.9. The van der Waals surface area contributed by atoms with Crippen LogP contribution in [0.5, 0.6) is 0 Å². The summed E-state index contributed by atoms with van der Waals surface area (Å²) < 4.78 is 0. The minimum Gasteiger partial charge on any atom is -0.698 e. The Labute approximate surface area is 414 Å². The van der Waals surface area contributed by atoms with Crippen LogP contribution in [0.3, 0.4) is 0 Å². The van der Waals surface area contributed by atoms with Crippen molar-refractivity contribution in [3.63, 3.8) is 0 Å². The van der Waals surface area contributed by atoms with Gasteiger partial charge in [-0.15, -0.1) is 17.1 Å². The van der Waals surface area contributed by atoms with E-state index in [0.29, 0.717) is 35.5 Å². The van der Waals surface area contributed by atoms with E-state index in [1.807, 2.05) is 101 Å². The van der Waals surface area contributed by atoms with E-state index in [-0.39, 0.29) is 32.7 Å². The largest absolute Gasteiger partial charge is 3.00 e. The second kappa shape index (κ2) is 27.7. The van der Waals surface area contributed by atoms with Gasteiger partial charge < -0.3 is 16.4 Å². The van der Waals surface area contributed by atoms with Gasteiger partial charge in [-0.25, -0.2) is 0 Å². The third kappa shape index (κ3) is 17.8. The van der Waals surface area contributed by atoms with Crippen molar-refractivity contribution in [2.24, 2.45) is 9.98 Å². The molecule has 0 aromatic heterocycles. The first-order valence-corrected chi connectivity index (χ1v) is 22.9. The molecule has 5 aromatic rings. The summed E-state index contributed by atoms with van der Waals surface area (Å²) in [5.41, 5.74) is 24.3. The Morgan fingerprint density at radius 2 is 0.641 bits per heavy atom. The van der Waals surface area contributed by atoms with Crippen molar-refractivity contribution >= 4 is 39.9 Å². The van der Waals surface area contributed by atoms with Crippen LogP contribution in [0.2, 0.25) is 0 Å². The first-order chi connectivity index (χ1) is 29.8. The smallest absolute Gasteiger partial charge is 0.698 e. The number of aliphatic imine (C=N–C) groups is 2. The molecule has 0 saturated heterocycles. The Morgan fingerprint density at radius 1 is 0.391 bits per heavy atom. The number of hydrogen-bond acceptors (Lipinski definition) is 2. The molecule has 0 aliphatic carbocycles. The van der Waals surface area contributed by atoms with Crippen molar-refractivity contribution in [3.05, 3.63) is 189 Å². The number of benzene rings is 5. The van der Waals surface area contributed by atoms with Crippen LogP contribution < -0.4 is 0 Å². The molecule has 5 nitrogen and oxygen atoms in total. The molecule has 336 valence electrons. The van der Waals surface area contributed by atoms with Gasteiger partial charge in [0.05, 0.1) is 11.4 Å². The van der Waals surface area contributed by atoms with Gasteiger partial charge in [0.25, 0.3) is 0 Å². The monoisotopic (exact) mass is 932 g/mol. The van der Waals surface area contributed by atoms with E-state index in [9.17, 15) is 0 Å². The van der Waals surface area contributed by atoms with E-state index in [2.05, 4.69) is 148 Å². The Balaban J connectivity index is 0.000000344. The molecule has 0 bridgehead atoms. The van der Waals surface area contributed by atoms with E-state index >= 15 is 0 Å². The molecule has 0 aliphatic heterocycles. The van der Waals surface area contributed by atoms with Crippen LogP contribution in [-0.2, 0) is 32.7 Å². The van der Waals surface area contributed by atoms with Gasteiger partial charge in [0.15, 0.2) is 0 Å². The first kappa shape index (κ1) is 55.6. The molecule has 0 aliphatic rings. The average molecular weight is 932 g/mol. The Morgan fingerprint density at radius 3 is 0.891 bits per heavy atom. The van der Waals surface area contributed by atoms with Gasteiger partial charge >= 0.3 is 32.7 Å². The zero-order valence-electron chi connectivity index (χ0n) is 42.0. The topological polar surface area (TPSA) is 76.7 Å². The molecule has 6 heteroatoms. The van der Waals surface area contributed by atoms with Gasteiger partial charge in [-0.05, 0) is 71.6 Å².